The highest BCUT2D eigenvalue weighted by molar-refractivity contribution is 5.85. The first-order valence-corrected chi connectivity index (χ1v) is 10.3. The van der Waals surface area contributed by atoms with Gasteiger partial charge >= 0.3 is 12.1 Å². The minimum absolute atomic E-state index is 0.104. The molecule has 9 heteroatoms. The second kappa shape index (κ2) is 8.57. The number of carboxylic acids is 1. The number of carboxylic acid groups (broad SMARTS) is 1. The zero-order valence-electron chi connectivity index (χ0n) is 17.1. The number of nitrogens with one attached hydrogen (secondary N) is 1. The fourth-order valence-corrected chi connectivity index (χ4v) is 4.36. The molecule has 7 nitrogen and oxygen atoms in total. The predicted octanol–water partition coefficient (Wildman–Crippen LogP) is 3.24. The summed E-state index contributed by atoms with van der Waals surface area (Å²) in [4.78, 5) is 36.1. The maximum absolute atomic E-state index is 13.5. The molecule has 1 heterocycles. The van der Waals surface area contributed by atoms with Gasteiger partial charge in [-0.25, -0.2) is 18.4 Å². The summed E-state index contributed by atoms with van der Waals surface area (Å²) in [6.45, 7) is -0.981. The number of halogens is 2. The largest absolute Gasteiger partial charge is 0.480 e. The molecule has 2 amide bonds. The highest BCUT2D eigenvalue weighted by Gasteiger charge is 2.49. The molecule has 2 aromatic rings. The third-order valence-corrected chi connectivity index (χ3v) is 5.83. The van der Waals surface area contributed by atoms with Gasteiger partial charge in [0.1, 0.15) is 12.6 Å². The third kappa shape index (κ3) is 4.28. The van der Waals surface area contributed by atoms with E-state index in [2.05, 4.69) is 5.32 Å². The van der Waals surface area contributed by atoms with Gasteiger partial charge in [0.2, 0.25) is 5.91 Å². The maximum atomic E-state index is 13.5. The molecule has 32 heavy (non-hydrogen) atoms. The number of hydrogen-bond donors (Lipinski definition) is 2. The van der Waals surface area contributed by atoms with Crippen LogP contribution < -0.4 is 5.32 Å². The Morgan fingerprint density at radius 1 is 1.06 bits per heavy atom. The number of nitrogens with zero attached hydrogens (tertiary/aromatic N) is 1. The molecule has 2 aromatic carbocycles. The molecule has 0 aromatic heterocycles. The van der Waals surface area contributed by atoms with Gasteiger partial charge in [-0.05, 0) is 22.3 Å². The number of amides is 2. The standard InChI is InChI=1S/C23H22F2N2O5/c24-23(25)11-19(21(29)30)27(13-23)20(28)9-10-26-22(31)32-12-18-16-7-3-1-5-14(16)15-6-2-4-8-17(15)18/h1-8,18-19H,9-13H2,(H,26,31)(H,29,30)/t19-/m1/s1. The van der Waals surface area contributed by atoms with Gasteiger partial charge in [-0.2, -0.15) is 0 Å². The molecule has 0 spiro atoms. The van der Waals surface area contributed by atoms with Crippen LogP contribution in [-0.2, 0) is 14.3 Å². The van der Waals surface area contributed by atoms with Gasteiger partial charge in [-0.1, -0.05) is 48.5 Å². The van der Waals surface area contributed by atoms with E-state index in [-0.39, 0.29) is 25.5 Å². The SMILES string of the molecule is O=C(NCCC(=O)N1CC(F)(F)C[C@@H]1C(=O)O)OCC1c2ccccc2-c2ccccc21. The van der Waals surface area contributed by atoms with Gasteiger partial charge in [0.05, 0.1) is 6.54 Å². The van der Waals surface area contributed by atoms with Gasteiger partial charge in [0.25, 0.3) is 5.92 Å². The third-order valence-electron chi connectivity index (χ3n) is 5.83. The van der Waals surface area contributed by atoms with Gasteiger partial charge in [0, 0.05) is 25.3 Å². The van der Waals surface area contributed by atoms with Crippen LogP contribution in [0.4, 0.5) is 13.6 Å². The van der Waals surface area contributed by atoms with Crippen molar-refractivity contribution in [3.05, 3.63) is 59.7 Å². The fraction of sp³-hybridized carbons (Fsp3) is 0.348. The Morgan fingerprint density at radius 2 is 1.66 bits per heavy atom. The van der Waals surface area contributed by atoms with E-state index >= 15 is 0 Å². The Balaban J connectivity index is 1.29. The van der Waals surface area contributed by atoms with E-state index in [1.807, 2.05) is 48.5 Å². The summed E-state index contributed by atoms with van der Waals surface area (Å²) in [5.74, 6) is -5.58. The molecule has 1 atom stereocenters. The lowest BCUT2D eigenvalue weighted by molar-refractivity contribution is -0.148. The number of likely N-dealkylation sites (tertiary alicyclic amines) is 1. The Hall–Kier alpha value is -3.49. The Bertz CT molecular complexity index is 1010. The predicted molar refractivity (Wildman–Crippen MR) is 110 cm³/mol. The smallest absolute Gasteiger partial charge is 0.407 e. The fourth-order valence-electron chi connectivity index (χ4n) is 4.36. The van der Waals surface area contributed by atoms with Crippen LogP contribution in [0.5, 0.6) is 0 Å². The number of hydrogen-bond acceptors (Lipinski definition) is 4. The minimum atomic E-state index is -3.24. The van der Waals surface area contributed by atoms with Crippen LogP contribution in [0, 0.1) is 0 Å². The van der Waals surface area contributed by atoms with Crippen LogP contribution in [0.2, 0.25) is 0 Å². The van der Waals surface area contributed by atoms with Gasteiger partial charge in [0.15, 0.2) is 0 Å². The first-order chi connectivity index (χ1) is 15.3. The van der Waals surface area contributed by atoms with Crippen molar-refractivity contribution in [3.8, 4) is 11.1 Å². The van der Waals surface area contributed by atoms with Gasteiger partial charge in [-0.3, -0.25) is 4.79 Å². The number of alkyl carbamates (subject to hydrolysis) is 1. The molecule has 2 aliphatic rings. The maximum Gasteiger partial charge on any atom is 0.407 e. The highest BCUT2D eigenvalue weighted by atomic mass is 19.3. The summed E-state index contributed by atoms with van der Waals surface area (Å²) in [5, 5.41) is 11.5. The number of fused-ring (bicyclic) bond motifs is 3. The quantitative estimate of drug-likeness (QED) is 0.713. The van der Waals surface area contributed by atoms with E-state index in [0.29, 0.717) is 4.90 Å². The zero-order valence-corrected chi connectivity index (χ0v) is 17.1. The summed E-state index contributed by atoms with van der Waals surface area (Å²) in [6, 6.07) is 14.2. The number of carbonyl (C=O) groups excluding carboxylic acids is 2. The van der Waals surface area contributed by atoms with Gasteiger partial charge < -0.3 is 20.1 Å². The minimum Gasteiger partial charge on any atom is -0.480 e. The van der Waals surface area contributed by atoms with Crippen LogP contribution in [0.15, 0.2) is 48.5 Å². The van der Waals surface area contributed by atoms with Crippen molar-refractivity contribution in [2.45, 2.75) is 30.7 Å². The van der Waals surface area contributed by atoms with Crippen molar-refractivity contribution in [2.24, 2.45) is 0 Å². The monoisotopic (exact) mass is 444 g/mol. The molecule has 4 rings (SSSR count). The Morgan fingerprint density at radius 3 is 2.25 bits per heavy atom. The number of alkyl halides is 2. The van der Waals surface area contributed by atoms with Gasteiger partial charge in [-0.15, -0.1) is 0 Å². The van der Waals surface area contributed by atoms with Crippen molar-refractivity contribution in [2.75, 3.05) is 19.7 Å². The molecule has 168 valence electrons. The average molecular weight is 444 g/mol. The summed E-state index contributed by atoms with van der Waals surface area (Å²) in [6.07, 6.45) is -1.95. The van der Waals surface area contributed by atoms with Crippen LogP contribution in [-0.4, -0.2) is 59.6 Å². The van der Waals surface area contributed by atoms with Crippen LogP contribution >= 0.6 is 0 Å². The molecule has 0 saturated carbocycles. The number of benzene rings is 2. The molecule has 0 radical (unpaired) electrons. The molecule has 1 saturated heterocycles. The lowest BCUT2D eigenvalue weighted by Gasteiger charge is -2.21. The van der Waals surface area contributed by atoms with E-state index < -0.39 is 42.9 Å². The van der Waals surface area contributed by atoms with Crippen LogP contribution in [0.25, 0.3) is 11.1 Å². The normalized spacial score (nSPS) is 18.7. The van der Waals surface area contributed by atoms with Crippen molar-refractivity contribution >= 4 is 18.0 Å². The summed E-state index contributed by atoms with van der Waals surface area (Å²) in [7, 11) is 0. The van der Waals surface area contributed by atoms with Crippen molar-refractivity contribution in [1.82, 2.24) is 10.2 Å². The molecule has 0 unspecified atom stereocenters. The van der Waals surface area contributed by atoms with E-state index in [9.17, 15) is 23.2 Å². The second-order valence-electron chi connectivity index (χ2n) is 7.94. The topological polar surface area (TPSA) is 95.9 Å². The van der Waals surface area contributed by atoms with E-state index in [1.165, 1.54) is 0 Å². The first kappa shape index (κ1) is 21.7. The molecule has 1 aliphatic heterocycles. The van der Waals surface area contributed by atoms with E-state index in [4.69, 9.17) is 9.84 Å². The summed E-state index contributed by atoms with van der Waals surface area (Å²) in [5.41, 5.74) is 4.31. The van der Waals surface area contributed by atoms with E-state index in [0.717, 1.165) is 22.3 Å². The molecule has 1 aliphatic carbocycles. The zero-order chi connectivity index (χ0) is 22.9. The van der Waals surface area contributed by atoms with Crippen LogP contribution in [0.3, 0.4) is 0 Å². The highest BCUT2D eigenvalue weighted by Crippen LogP contribution is 2.44. The number of rotatable bonds is 6. The Kier molecular flexibility index (Phi) is 5.82. The number of carbonyl (C=O) groups is 3. The average Bonchev–Trinajstić information content (AvgIpc) is 3.27. The van der Waals surface area contributed by atoms with Crippen molar-refractivity contribution in [1.29, 1.82) is 0 Å². The molecule has 1 fully saturated rings. The molecule has 0 bridgehead atoms. The molecular formula is C23H22F2N2O5. The first-order valence-electron chi connectivity index (χ1n) is 10.3. The summed E-state index contributed by atoms with van der Waals surface area (Å²) < 4.78 is 32.4. The Labute approximate surface area is 183 Å². The van der Waals surface area contributed by atoms with E-state index in [1.54, 1.807) is 0 Å². The van der Waals surface area contributed by atoms with Crippen molar-refractivity contribution in [3.63, 3.8) is 0 Å². The number of aliphatic carboxylic acids is 1. The number of ether oxygens (including phenoxy) is 1. The second-order valence-corrected chi connectivity index (χ2v) is 7.94. The molecule has 2 N–H and O–H groups in total. The molecular weight excluding hydrogens is 422 g/mol. The lowest BCUT2D eigenvalue weighted by Crippen LogP contribution is -2.42. The van der Waals surface area contributed by atoms with Crippen LogP contribution in [0.1, 0.15) is 29.9 Å². The summed E-state index contributed by atoms with van der Waals surface area (Å²) >= 11 is 0. The van der Waals surface area contributed by atoms with Crippen molar-refractivity contribution < 1.29 is 33.0 Å². The lowest BCUT2D eigenvalue weighted by atomic mass is 9.98.